The quantitative estimate of drug-likeness (QED) is 0.777. The maximum Gasteiger partial charge on any atom is 0.0562 e. The molecule has 0 aliphatic rings. The van der Waals surface area contributed by atoms with Gasteiger partial charge in [-0.2, -0.15) is 5.10 Å². The van der Waals surface area contributed by atoms with E-state index in [0.717, 1.165) is 24.9 Å². The van der Waals surface area contributed by atoms with Crippen molar-refractivity contribution in [1.82, 2.24) is 9.78 Å². The summed E-state index contributed by atoms with van der Waals surface area (Å²) in [5.74, 6) is 0. The van der Waals surface area contributed by atoms with E-state index in [2.05, 4.69) is 31.2 Å². The summed E-state index contributed by atoms with van der Waals surface area (Å²) < 4.78 is 1.97. The second-order valence-corrected chi connectivity index (χ2v) is 3.40. The maximum absolute atomic E-state index is 5.60. The van der Waals surface area contributed by atoms with Gasteiger partial charge < -0.3 is 5.73 Å². The molecule has 2 N–H and O–H groups in total. The predicted octanol–water partition coefficient (Wildman–Crippen LogP) is 2.05. The molecular weight excluding hydrogens is 174 g/mol. The smallest absolute Gasteiger partial charge is 0.0562 e. The fourth-order valence-corrected chi connectivity index (χ4v) is 1.35. The van der Waals surface area contributed by atoms with Crippen LogP contribution in [-0.2, 0) is 6.54 Å². The molecule has 0 bridgehead atoms. The summed E-state index contributed by atoms with van der Waals surface area (Å²) in [7, 11) is 0. The molecule has 78 valence electrons. The van der Waals surface area contributed by atoms with Crippen LogP contribution in [-0.4, -0.2) is 16.3 Å². The van der Waals surface area contributed by atoms with Gasteiger partial charge in [0.2, 0.25) is 0 Å². The van der Waals surface area contributed by atoms with Crippen LogP contribution in [0, 0.1) is 0 Å². The van der Waals surface area contributed by atoms with Crippen molar-refractivity contribution >= 4 is 6.08 Å². The maximum atomic E-state index is 5.60. The normalized spacial score (nSPS) is 12.1. The molecule has 14 heavy (non-hydrogen) atoms. The van der Waals surface area contributed by atoms with Gasteiger partial charge in [0.1, 0.15) is 0 Å². The predicted molar refractivity (Wildman–Crippen MR) is 59.8 cm³/mol. The van der Waals surface area contributed by atoms with Crippen LogP contribution >= 0.6 is 0 Å². The molecule has 0 aliphatic heterocycles. The van der Waals surface area contributed by atoms with Gasteiger partial charge in [0, 0.05) is 24.8 Å². The first-order valence-electron chi connectivity index (χ1n) is 5.22. The number of rotatable bonds is 5. The van der Waals surface area contributed by atoms with E-state index in [1.54, 1.807) is 0 Å². The van der Waals surface area contributed by atoms with E-state index >= 15 is 0 Å². The SMILES string of the molecule is CCCn1cc(/C=C(/CC)CN)cn1. The lowest BCUT2D eigenvalue weighted by molar-refractivity contribution is 0.602. The Morgan fingerprint density at radius 2 is 2.36 bits per heavy atom. The van der Waals surface area contributed by atoms with Gasteiger partial charge in [0.05, 0.1) is 6.20 Å². The molecule has 0 atom stereocenters. The summed E-state index contributed by atoms with van der Waals surface area (Å²) in [5.41, 5.74) is 8.02. The van der Waals surface area contributed by atoms with Crippen molar-refractivity contribution in [3.63, 3.8) is 0 Å². The minimum absolute atomic E-state index is 0.634. The number of hydrogen-bond donors (Lipinski definition) is 1. The molecule has 1 rings (SSSR count). The van der Waals surface area contributed by atoms with E-state index in [1.807, 2.05) is 10.9 Å². The Morgan fingerprint density at radius 3 is 2.93 bits per heavy atom. The zero-order valence-electron chi connectivity index (χ0n) is 9.03. The summed E-state index contributed by atoms with van der Waals surface area (Å²) >= 11 is 0. The third-order valence-electron chi connectivity index (χ3n) is 2.19. The number of nitrogens with zero attached hydrogens (tertiary/aromatic N) is 2. The highest BCUT2D eigenvalue weighted by molar-refractivity contribution is 5.51. The largest absolute Gasteiger partial charge is 0.327 e. The van der Waals surface area contributed by atoms with Gasteiger partial charge in [0.25, 0.3) is 0 Å². The number of aryl methyl sites for hydroxylation is 1. The molecule has 0 unspecified atom stereocenters. The molecular formula is C11H19N3. The molecule has 1 aromatic heterocycles. The fourth-order valence-electron chi connectivity index (χ4n) is 1.35. The minimum Gasteiger partial charge on any atom is -0.327 e. The second kappa shape index (κ2) is 5.60. The van der Waals surface area contributed by atoms with Crippen LogP contribution in [0.1, 0.15) is 32.3 Å². The van der Waals surface area contributed by atoms with Gasteiger partial charge in [-0.15, -0.1) is 0 Å². The molecule has 1 aromatic rings. The van der Waals surface area contributed by atoms with Crippen LogP contribution in [0.3, 0.4) is 0 Å². The Labute approximate surface area is 85.6 Å². The van der Waals surface area contributed by atoms with Gasteiger partial charge in [-0.1, -0.05) is 25.5 Å². The lowest BCUT2D eigenvalue weighted by Gasteiger charge is -1.97. The summed E-state index contributed by atoms with van der Waals surface area (Å²) in [6.07, 6.45) is 8.20. The van der Waals surface area contributed by atoms with Crippen LogP contribution < -0.4 is 5.73 Å². The third-order valence-corrected chi connectivity index (χ3v) is 2.19. The van der Waals surface area contributed by atoms with Crippen LogP contribution in [0.2, 0.25) is 0 Å². The van der Waals surface area contributed by atoms with Crippen LogP contribution in [0.4, 0.5) is 0 Å². The topological polar surface area (TPSA) is 43.8 Å². The van der Waals surface area contributed by atoms with Gasteiger partial charge >= 0.3 is 0 Å². The molecule has 0 fully saturated rings. The van der Waals surface area contributed by atoms with Crippen molar-refractivity contribution in [1.29, 1.82) is 0 Å². The second-order valence-electron chi connectivity index (χ2n) is 3.40. The van der Waals surface area contributed by atoms with Gasteiger partial charge in [-0.3, -0.25) is 4.68 Å². The van der Waals surface area contributed by atoms with E-state index in [9.17, 15) is 0 Å². The van der Waals surface area contributed by atoms with Crippen molar-refractivity contribution < 1.29 is 0 Å². The van der Waals surface area contributed by atoms with Gasteiger partial charge in [-0.25, -0.2) is 0 Å². The first-order chi connectivity index (χ1) is 6.80. The number of hydrogen-bond acceptors (Lipinski definition) is 2. The minimum atomic E-state index is 0.634. The molecule has 3 heteroatoms. The first kappa shape index (κ1) is 11.0. The van der Waals surface area contributed by atoms with Crippen LogP contribution in [0.25, 0.3) is 6.08 Å². The zero-order valence-corrected chi connectivity index (χ0v) is 9.03. The molecule has 0 aliphatic carbocycles. The average molecular weight is 193 g/mol. The highest BCUT2D eigenvalue weighted by atomic mass is 15.3. The van der Waals surface area contributed by atoms with Gasteiger partial charge in [0.15, 0.2) is 0 Å². The van der Waals surface area contributed by atoms with Crippen LogP contribution in [0.5, 0.6) is 0 Å². The Kier molecular flexibility index (Phi) is 4.40. The Hall–Kier alpha value is -1.09. The molecule has 0 amide bonds. The van der Waals surface area contributed by atoms with E-state index in [4.69, 9.17) is 5.73 Å². The highest BCUT2D eigenvalue weighted by Gasteiger charge is 1.96. The first-order valence-corrected chi connectivity index (χ1v) is 5.22. The van der Waals surface area contributed by atoms with Crippen molar-refractivity contribution in [2.45, 2.75) is 33.2 Å². The number of aromatic nitrogens is 2. The number of nitrogens with two attached hydrogens (primary N) is 1. The highest BCUT2D eigenvalue weighted by Crippen LogP contribution is 2.07. The van der Waals surface area contributed by atoms with Crippen molar-refractivity contribution in [3.8, 4) is 0 Å². The van der Waals surface area contributed by atoms with Crippen LogP contribution in [0.15, 0.2) is 18.0 Å². The summed E-state index contributed by atoms with van der Waals surface area (Å²) in [5, 5.41) is 4.26. The van der Waals surface area contributed by atoms with Crippen molar-refractivity contribution in [2.75, 3.05) is 6.54 Å². The zero-order chi connectivity index (χ0) is 10.4. The lowest BCUT2D eigenvalue weighted by atomic mass is 10.1. The van der Waals surface area contributed by atoms with E-state index < -0.39 is 0 Å². The van der Waals surface area contributed by atoms with Gasteiger partial charge in [-0.05, 0) is 12.8 Å². The summed E-state index contributed by atoms with van der Waals surface area (Å²) in [6, 6.07) is 0. The monoisotopic (exact) mass is 193 g/mol. The Morgan fingerprint density at radius 1 is 1.57 bits per heavy atom. The average Bonchev–Trinajstić information content (AvgIpc) is 2.63. The molecule has 0 saturated carbocycles. The molecule has 0 radical (unpaired) electrons. The third kappa shape index (κ3) is 3.00. The molecule has 1 heterocycles. The fraction of sp³-hybridized carbons (Fsp3) is 0.545. The summed E-state index contributed by atoms with van der Waals surface area (Å²) in [6.45, 7) is 5.89. The van der Waals surface area contributed by atoms with Crippen molar-refractivity contribution in [2.24, 2.45) is 5.73 Å². The Bertz CT molecular complexity index is 293. The van der Waals surface area contributed by atoms with E-state index in [0.29, 0.717) is 6.54 Å². The standard InChI is InChI=1S/C11H19N3/c1-3-5-14-9-11(8-13-14)6-10(4-2)7-12/h6,8-9H,3-5,7,12H2,1-2H3/b10-6-. The van der Waals surface area contributed by atoms with Crippen molar-refractivity contribution in [3.05, 3.63) is 23.5 Å². The van der Waals surface area contributed by atoms with E-state index in [1.165, 1.54) is 5.57 Å². The molecule has 0 aromatic carbocycles. The van der Waals surface area contributed by atoms with E-state index in [-0.39, 0.29) is 0 Å². The molecule has 0 saturated heterocycles. The summed E-state index contributed by atoms with van der Waals surface area (Å²) in [4.78, 5) is 0. The Balaban J connectivity index is 2.71. The molecule has 0 spiro atoms. The lowest BCUT2D eigenvalue weighted by Crippen LogP contribution is -2.01. The molecule has 3 nitrogen and oxygen atoms in total.